The lowest BCUT2D eigenvalue weighted by atomic mass is 10.2. The molecule has 138 valence electrons. The highest BCUT2D eigenvalue weighted by molar-refractivity contribution is 7.90. The number of rotatable bonds is 4. The van der Waals surface area contributed by atoms with Gasteiger partial charge in [0, 0.05) is 5.39 Å². The zero-order valence-corrected chi connectivity index (χ0v) is 15.2. The largest absolute Gasteiger partial charge is 0.459 e. The van der Waals surface area contributed by atoms with Gasteiger partial charge in [0.15, 0.2) is 0 Å². The van der Waals surface area contributed by atoms with Crippen LogP contribution in [0.2, 0.25) is 0 Å². The van der Waals surface area contributed by atoms with Gasteiger partial charge in [-0.15, -0.1) is 0 Å². The highest BCUT2D eigenvalue weighted by atomic mass is 32.2. The van der Waals surface area contributed by atoms with Crippen molar-refractivity contribution in [3.05, 3.63) is 65.9 Å². The minimum atomic E-state index is -4.01. The average molecular weight is 384 g/mol. The zero-order valence-electron chi connectivity index (χ0n) is 14.4. The van der Waals surface area contributed by atoms with Crippen LogP contribution in [0.3, 0.4) is 0 Å². The van der Waals surface area contributed by atoms with Crippen LogP contribution in [0.4, 0.5) is 0 Å². The van der Waals surface area contributed by atoms with Gasteiger partial charge in [0.1, 0.15) is 22.8 Å². The van der Waals surface area contributed by atoms with Crippen molar-refractivity contribution in [2.24, 2.45) is 0 Å². The van der Waals surface area contributed by atoms with Gasteiger partial charge in [-0.05, 0) is 31.2 Å². The zero-order chi connectivity index (χ0) is 19.2. The minimum absolute atomic E-state index is 0.0758. The second-order valence-electron chi connectivity index (χ2n) is 6.29. The summed E-state index contributed by atoms with van der Waals surface area (Å²) in [5.74, 6) is -0.742. The van der Waals surface area contributed by atoms with E-state index >= 15 is 0 Å². The summed E-state index contributed by atoms with van der Waals surface area (Å²) in [5.41, 5.74) is 0.775. The molecule has 0 aliphatic carbocycles. The van der Waals surface area contributed by atoms with Gasteiger partial charge in [-0.2, -0.15) is 0 Å². The molecule has 8 heteroatoms. The molecule has 0 spiro atoms. The van der Waals surface area contributed by atoms with Gasteiger partial charge in [-0.3, -0.25) is 9.59 Å². The van der Waals surface area contributed by atoms with Gasteiger partial charge in [0.05, 0.1) is 11.6 Å². The Hall–Kier alpha value is -3.13. The maximum absolute atomic E-state index is 12.5. The number of carbonyl (C=O) groups is 2. The Labute approximate surface area is 155 Å². The highest BCUT2D eigenvalue weighted by Crippen LogP contribution is 2.29. The van der Waals surface area contributed by atoms with Gasteiger partial charge in [0.2, 0.25) is 5.91 Å². The van der Waals surface area contributed by atoms with Crippen LogP contribution in [0.25, 0.3) is 11.0 Å². The number of nitrogens with zero attached hydrogens (tertiary/aromatic N) is 1. The van der Waals surface area contributed by atoms with E-state index in [9.17, 15) is 18.0 Å². The van der Waals surface area contributed by atoms with Crippen LogP contribution in [0, 0.1) is 0 Å². The second-order valence-corrected chi connectivity index (χ2v) is 8.12. The standard InChI is InChI=1S/C19H16N2O5S/c1-12(16-10-13-6-2-4-8-15(13)26-16)20-18(22)11-21-19(23)14-7-3-5-9-17(14)27(21,24)25/h2-10,12H,11H2,1H3,(H,20,22). The fourth-order valence-electron chi connectivity index (χ4n) is 3.09. The monoisotopic (exact) mass is 384 g/mol. The summed E-state index contributed by atoms with van der Waals surface area (Å²) in [4.78, 5) is 24.7. The van der Waals surface area contributed by atoms with Crippen molar-refractivity contribution in [1.82, 2.24) is 9.62 Å². The lowest BCUT2D eigenvalue weighted by molar-refractivity contribution is -0.121. The second kappa shape index (κ2) is 6.24. The van der Waals surface area contributed by atoms with E-state index in [1.807, 2.05) is 30.3 Å². The molecule has 2 aromatic carbocycles. The van der Waals surface area contributed by atoms with Crippen molar-refractivity contribution in [3.63, 3.8) is 0 Å². The van der Waals surface area contributed by atoms with E-state index in [0.717, 1.165) is 5.39 Å². The molecule has 0 saturated carbocycles. The molecule has 4 rings (SSSR count). The number of benzene rings is 2. The van der Waals surface area contributed by atoms with E-state index in [1.165, 1.54) is 18.2 Å². The number of furan rings is 1. The number of amides is 2. The lowest BCUT2D eigenvalue weighted by Gasteiger charge is -2.17. The molecule has 0 fully saturated rings. The minimum Gasteiger partial charge on any atom is -0.459 e. The third-order valence-electron chi connectivity index (χ3n) is 4.45. The quantitative estimate of drug-likeness (QED) is 0.745. The normalized spacial score (nSPS) is 16.3. The number of carbonyl (C=O) groups excluding carboxylic acids is 2. The molecule has 2 amide bonds. The Kier molecular flexibility index (Phi) is 4.00. The first-order valence-corrected chi connectivity index (χ1v) is 9.76. The Morgan fingerprint density at radius 2 is 1.85 bits per heavy atom. The van der Waals surface area contributed by atoms with Crippen LogP contribution in [0.5, 0.6) is 0 Å². The molecule has 0 bridgehead atoms. The molecule has 3 aromatic rings. The van der Waals surface area contributed by atoms with Crippen LogP contribution in [-0.2, 0) is 14.8 Å². The van der Waals surface area contributed by atoms with Crippen LogP contribution in [0.1, 0.15) is 29.1 Å². The molecule has 2 heterocycles. The first-order valence-electron chi connectivity index (χ1n) is 8.32. The number of para-hydroxylation sites is 1. The van der Waals surface area contributed by atoms with Crippen molar-refractivity contribution in [1.29, 1.82) is 0 Å². The van der Waals surface area contributed by atoms with Gasteiger partial charge >= 0.3 is 0 Å². The topological polar surface area (TPSA) is 96.7 Å². The third kappa shape index (κ3) is 2.87. The molecule has 27 heavy (non-hydrogen) atoms. The predicted molar refractivity (Wildman–Crippen MR) is 97.4 cm³/mol. The van der Waals surface area contributed by atoms with Crippen LogP contribution >= 0.6 is 0 Å². The molecular weight excluding hydrogens is 368 g/mol. The summed E-state index contributed by atoms with van der Waals surface area (Å²) in [5, 5.41) is 3.58. The maximum atomic E-state index is 12.5. The fraction of sp³-hybridized carbons (Fsp3) is 0.158. The molecule has 1 aromatic heterocycles. The van der Waals surface area contributed by atoms with E-state index in [4.69, 9.17) is 4.42 Å². The first kappa shape index (κ1) is 17.3. The number of nitrogens with one attached hydrogen (secondary N) is 1. The first-order chi connectivity index (χ1) is 12.9. The van der Waals surface area contributed by atoms with Gasteiger partial charge in [-0.25, -0.2) is 12.7 Å². The highest BCUT2D eigenvalue weighted by Gasteiger charge is 2.41. The van der Waals surface area contributed by atoms with E-state index in [0.29, 0.717) is 15.6 Å². The van der Waals surface area contributed by atoms with Crippen LogP contribution in [0.15, 0.2) is 63.9 Å². The summed E-state index contributed by atoms with van der Waals surface area (Å²) in [6, 6.07) is 14.7. The van der Waals surface area contributed by atoms with E-state index in [1.54, 1.807) is 13.0 Å². The SMILES string of the molecule is CC(NC(=O)CN1C(=O)c2ccccc2S1(=O)=O)c1cc2ccccc2o1. The Morgan fingerprint density at radius 1 is 1.15 bits per heavy atom. The molecule has 0 radical (unpaired) electrons. The van der Waals surface area contributed by atoms with E-state index in [-0.39, 0.29) is 10.5 Å². The van der Waals surface area contributed by atoms with Crippen molar-refractivity contribution in [2.75, 3.05) is 6.54 Å². The number of fused-ring (bicyclic) bond motifs is 2. The smallest absolute Gasteiger partial charge is 0.269 e. The van der Waals surface area contributed by atoms with Gasteiger partial charge in [-0.1, -0.05) is 30.3 Å². The fourth-order valence-corrected chi connectivity index (χ4v) is 4.62. The van der Waals surface area contributed by atoms with Gasteiger partial charge in [0.25, 0.3) is 15.9 Å². The maximum Gasteiger partial charge on any atom is 0.269 e. The van der Waals surface area contributed by atoms with E-state index in [2.05, 4.69) is 5.32 Å². The average Bonchev–Trinajstić information content (AvgIpc) is 3.16. The van der Waals surface area contributed by atoms with Crippen LogP contribution in [-0.4, -0.2) is 31.1 Å². The van der Waals surface area contributed by atoms with Crippen LogP contribution < -0.4 is 5.32 Å². The van der Waals surface area contributed by atoms with Crippen molar-refractivity contribution < 1.29 is 22.4 Å². The summed E-state index contributed by atoms with van der Waals surface area (Å²) in [6.45, 7) is 1.14. The Morgan fingerprint density at radius 3 is 2.59 bits per heavy atom. The number of sulfonamides is 1. The number of hydrogen-bond donors (Lipinski definition) is 1. The molecular formula is C19H16N2O5S. The van der Waals surface area contributed by atoms with Gasteiger partial charge < -0.3 is 9.73 Å². The molecule has 7 nitrogen and oxygen atoms in total. The third-order valence-corrected chi connectivity index (χ3v) is 6.24. The lowest BCUT2D eigenvalue weighted by Crippen LogP contribution is -2.41. The molecule has 1 N–H and O–H groups in total. The molecule has 1 unspecified atom stereocenters. The molecule has 1 atom stereocenters. The molecule has 1 aliphatic rings. The summed E-state index contributed by atoms with van der Waals surface area (Å²) < 4.78 is 31.3. The Bertz CT molecular complexity index is 1130. The van der Waals surface area contributed by atoms with Crippen molar-refractivity contribution >= 4 is 32.8 Å². The summed E-state index contributed by atoms with van der Waals surface area (Å²) in [6.07, 6.45) is 0. The molecule has 0 saturated heterocycles. The van der Waals surface area contributed by atoms with Crippen molar-refractivity contribution in [3.8, 4) is 0 Å². The summed E-state index contributed by atoms with van der Waals surface area (Å²) >= 11 is 0. The Balaban J connectivity index is 1.50. The molecule has 1 aliphatic heterocycles. The van der Waals surface area contributed by atoms with Crippen molar-refractivity contribution in [2.45, 2.75) is 17.9 Å². The van der Waals surface area contributed by atoms with E-state index < -0.39 is 34.4 Å². The number of hydrogen-bond acceptors (Lipinski definition) is 5. The predicted octanol–water partition coefficient (Wildman–Crippen LogP) is 2.45. The summed E-state index contributed by atoms with van der Waals surface area (Å²) in [7, 11) is -4.01.